The van der Waals surface area contributed by atoms with E-state index in [0.717, 1.165) is 48.3 Å². The maximum Gasteiger partial charge on any atom is 0.322 e. The lowest BCUT2D eigenvalue weighted by atomic mass is 9.98. The second-order valence-corrected chi connectivity index (χ2v) is 14.6. The van der Waals surface area contributed by atoms with Crippen LogP contribution in [-0.2, 0) is 17.8 Å². The highest BCUT2D eigenvalue weighted by Crippen LogP contribution is 2.34. The number of amides is 5. The largest absolute Gasteiger partial charge is 0.397 e. The number of carbonyl (C=O) groups is 3. The number of nitrogen functional groups attached to an aromatic ring is 1. The van der Waals surface area contributed by atoms with Gasteiger partial charge in [-0.05, 0) is 74.9 Å². The summed E-state index contributed by atoms with van der Waals surface area (Å²) in [6.45, 7) is 7.12. The minimum atomic E-state index is -0.725. The molecular formula is C35H47ClN8O3. The highest BCUT2D eigenvalue weighted by molar-refractivity contribution is 6.33. The number of nitrogens with zero attached hydrogens (tertiary/aromatic N) is 5. The number of para-hydroxylation sites is 1. The van der Waals surface area contributed by atoms with Gasteiger partial charge in [0, 0.05) is 82.1 Å². The number of piperazine rings is 1. The number of nitrogens with one attached hydrogen (secondary N) is 2. The number of likely N-dealkylation sites (N-methyl/N-ethyl adjacent to an activating group) is 1. The lowest BCUT2D eigenvalue weighted by molar-refractivity contribution is -0.135. The number of hydrogen-bond acceptors (Lipinski definition) is 6. The van der Waals surface area contributed by atoms with Crippen LogP contribution in [0.2, 0.25) is 5.02 Å². The minimum absolute atomic E-state index is 0.0391. The fraction of sp³-hybridized carbons (Fsp3) is 0.571. The number of likely N-dealkylation sites (tertiary alicyclic amines) is 4. The molecule has 47 heavy (non-hydrogen) atoms. The first-order chi connectivity index (χ1) is 22.6. The Balaban J connectivity index is 0.990. The van der Waals surface area contributed by atoms with Crippen molar-refractivity contribution in [3.05, 3.63) is 58.1 Å². The quantitative estimate of drug-likeness (QED) is 0.406. The van der Waals surface area contributed by atoms with E-state index in [2.05, 4.69) is 27.5 Å². The molecule has 0 radical (unpaired) electrons. The van der Waals surface area contributed by atoms with E-state index < -0.39 is 6.04 Å². The number of halogens is 1. The Morgan fingerprint density at radius 1 is 0.979 bits per heavy atom. The third-order valence-corrected chi connectivity index (χ3v) is 11.6. The standard InChI is InChI=1S/C35H47ClN8O3/c1-22-15-23(16-29(36)32(22)37)17-31(33(45)41-11-7-25(8-12-41)43-21-27-18-28(43)20-40(27)2)39-34(46)42-13-9-26(10-14-42)44-19-24-5-3-4-6-30(24)38-35(44)47/h3-6,15-16,25-28,31H,7-14,17-21,37H2,1-2H3,(H,38,47)(H,39,46)/t27?,28?,31-/m1/s1. The number of hydrogen-bond donors (Lipinski definition) is 3. The maximum atomic E-state index is 14.1. The van der Waals surface area contributed by atoms with Gasteiger partial charge in [-0.2, -0.15) is 0 Å². The maximum absolute atomic E-state index is 14.1. The summed E-state index contributed by atoms with van der Waals surface area (Å²) >= 11 is 6.43. The van der Waals surface area contributed by atoms with Crippen molar-refractivity contribution in [2.75, 3.05) is 57.4 Å². The van der Waals surface area contributed by atoms with Crippen molar-refractivity contribution in [1.82, 2.24) is 29.8 Å². The molecule has 4 saturated heterocycles. The number of benzene rings is 2. The van der Waals surface area contributed by atoms with Crippen molar-refractivity contribution in [3.63, 3.8) is 0 Å². The van der Waals surface area contributed by atoms with Gasteiger partial charge in [0.1, 0.15) is 6.04 Å². The Bertz CT molecular complexity index is 1500. The number of carbonyl (C=O) groups excluding carboxylic acids is 3. The van der Waals surface area contributed by atoms with Gasteiger partial charge in [-0.3, -0.25) is 9.69 Å². The third kappa shape index (κ3) is 6.49. The summed E-state index contributed by atoms with van der Waals surface area (Å²) in [5, 5.41) is 6.56. The molecule has 4 fully saturated rings. The Morgan fingerprint density at radius 2 is 1.68 bits per heavy atom. The Labute approximate surface area is 282 Å². The molecule has 4 N–H and O–H groups in total. The highest BCUT2D eigenvalue weighted by Gasteiger charge is 2.45. The van der Waals surface area contributed by atoms with Crippen molar-refractivity contribution in [1.29, 1.82) is 0 Å². The second kappa shape index (κ2) is 13.2. The summed E-state index contributed by atoms with van der Waals surface area (Å²) in [5.74, 6) is -0.0522. The van der Waals surface area contributed by atoms with Gasteiger partial charge < -0.3 is 36.0 Å². The smallest absolute Gasteiger partial charge is 0.322 e. The van der Waals surface area contributed by atoms with Crippen LogP contribution < -0.4 is 16.4 Å². The molecule has 0 saturated carbocycles. The van der Waals surface area contributed by atoms with Gasteiger partial charge in [0.25, 0.3) is 0 Å². The lowest BCUT2D eigenvalue weighted by Crippen LogP contribution is -2.58. The molecule has 5 heterocycles. The van der Waals surface area contributed by atoms with E-state index in [9.17, 15) is 14.4 Å². The molecule has 12 heteroatoms. The van der Waals surface area contributed by atoms with Crippen LogP contribution in [0.3, 0.4) is 0 Å². The van der Waals surface area contributed by atoms with Crippen molar-refractivity contribution in [3.8, 4) is 0 Å². The summed E-state index contributed by atoms with van der Waals surface area (Å²) in [4.78, 5) is 51.5. The van der Waals surface area contributed by atoms with Crippen LogP contribution in [-0.4, -0.2) is 119 Å². The van der Waals surface area contributed by atoms with E-state index >= 15 is 0 Å². The summed E-state index contributed by atoms with van der Waals surface area (Å²) in [7, 11) is 2.22. The molecule has 5 aliphatic heterocycles. The van der Waals surface area contributed by atoms with Crippen molar-refractivity contribution >= 4 is 40.9 Å². The number of urea groups is 2. The number of anilines is 2. The molecule has 2 unspecified atom stereocenters. The Kier molecular flexibility index (Phi) is 8.97. The van der Waals surface area contributed by atoms with Crippen LogP contribution in [0.25, 0.3) is 0 Å². The van der Waals surface area contributed by atoms with Gasteiger partial charge >= 0.3 is 12.1 Å². The molecule has 5 aliphatic rings. The monoisotopic (exact) mass is 662 g/mol. The van der Waals surface area contributed by atoms with E-state index in [1.807, 2.05) is 47.1 Å². The summed E-state index contributed by atoms with van der Waals surface area (Å²) in [6, 6.07) is 12.4. The van der Waals surface area contributed by atoms with Gasteiger partial charge in [-0.25, -0.2) is 9.59 Å². The molecule has 2 aromatic carbocycles. The number of aryl methyl sites for hydroxylation is 1. The summed E-state index contributed by atoms with van der Waals surface area (Å²) in [6.07, 6.45) is 4.84. The first kappa shape index (κ1) is 32.0. The van der Waals surface area contributed by atoms with E-state index in [1.165, 1.54) is 6.42 Å². The van der Waals surface area contributed by atoms with Gasteiger partial charge in [-0.15, -0.1) is 0 Å². The summed E-state index contributed by atoms with van der Waals surface area (Å²) in [5.41, 5.74) is 10.3. The van der Waals surface area contributed by atoms with Crippen LogP contribution in [0, 0.1) is 6.92 Å². The third-order valence-electron chi connectivity index (χ3n) is 11.3. The van der Waals surface area contributed by atoms with Crippen LogP contribution in [0.5, 0.6) is 0 Å². The van der Waals surface area contributed by atoms with Crippen LogP contribution in [0.4, 0.5) is 21.0 Å². The molecule has 7 rings (SSSR count). The van der Waals surface area contributed by atoms with E-state index in [4.69, 9.17) is 17.3 Å². The highest BCUT2D eigenvalue weighted by atomic mass is 35.5. The van der Waals surface area contributed by atoms with Gasteiger partial charge in [0.2, 0.25) is 5.91 Å². The fourth-order valence-corrected chi connectivity index (χ4v) is 8.79. The zero-order valence-electron chi connectivity index (χ0n) is 27.5. The topological polar surface area (TPSA) is 117 Å². The average Bonchev–Trinajstić information content (AvgIpc) is 3.66. The van der Waals surface area contributed by atoms with Gasteiger partial charge in [0.05, 0.1) is 10.7 Å². The number of rotatable bonds is 6. The van der Waals surface area contributed by atoms with E-state index in [0.29, 0.717) is 80.8 Å². The average molecular weight is 663 g/mol. The molecule has 5 amide bonds. The molecular weight excluding hydrogens is 616 g/mol. The van der Waals surface area contributed by atoms with Crippen molar-refractivity contribution in [2.24, 2.45) is 0 Å². The van der Waals surface area contributed by atoms with Crippen LogP contribution in [0.15, 0.2) is 36.4 Å². The number of nitrogens with two attached hydrogens (primary N) is 1. The fourth-order valence-electron chi connectivity index (χ4n) is 8.50. The normalized spacial score (nSPS) is 24.7. The van der Waals surface area contributed by atoms with E-state index in [1.54, 1.807) is 11.0 Å². The van der Waals surface area contributed by atoms with Gasteiger partial charge in [-0.1, -0.05) is 35.9 Å². The summed E-state index contributed by atoms with van der Waals surface area (Å²) < 4.78 is 0. The van der Waals surface area contributed by atoms with E-state index in [-0.39, 0.29) is 24.0 Å². The van der Waals surface area contributed by atoms with Gasteiger partial charge in [0.15, 0.2) is 0 Å². The molecule has 0 spiro atoms. The zero-order chi connectivity index (χ0) is 32.8. The zero-order valence-corrected chi connectivity index (χ0v) is 28.2. The number of fused-ring (bicyclic) bond motifs is 3. The number of piperidine rings is 2. The molecule has 0 aromatic heterocycles. The minimum Gasteiger partial charge on any atom is -0.397 e. The molecule has 0 aliphatic carbocycles. The second-order valence-electron chi connectivity index (χ2n) is 14.2. The molecule has 2 aromatic rings. The van der Waals surface area contributed by atoms with Crippen LogP contribution in [0.1, 0.15) is 48.8 Å². The molecule has 11 nitrogen and oxygen atoms in total. The molecule has 3 atom stereocenters. The molecule has 2 bridgehead atoms. The van der Waals surface area contributed by atoms with Crippen molar-refractivity contribution in [2.45, 2.75) is 82.2 Å². The molecule has 252 valence electrons. The van der Waals surface area contributed by atoms with Crippen LogP contribution >= 0.6 is 11.6 Å². The lowest BCUT2D eigenvalue weighted by Gasteiger charge is -2.43. The Hall–Kier alpha value is -3.54. The predicted octanol–water partition coefficient (Wildman–Crippen LogP) is 3.74. The predicted molar refractivity (Wildman–Crippen MR) is 183 cm³/mol. The Morgan fingerprint density at radius 3 is 2.36 bits per heavy atom. The first-order valence-corrected chi connectivity index (χ1v) is 17.5. The SMILES string of the molecule is Cc1cc(C[C@@H](NC(=O)N2CCC(N3Cc4ccccc4NC3=O)CC2)C(=O)N2CCC(N3CC4CC3CN4C)CC2)cc(Cl)c1N. The first-order valence-electron chi connectivity index (χ1n) is 17.1. The van der Waals surface area contributed by atoms with Crippen molar-refractivity contribution < 1.29 is 14.4 Å².